The Morgan fingerprint density at radius 3 is 2.33 bits per heavy atom. The maximum Gasteiger partial charge on any atom is 1.00 e. The molecule has 1 aromatic heterocycles. The number of nitrogens with one attached hydrogen (secondary N) is 1. The first kappa shape index (κ1) is 22.0. The minimum absolute atomic E-state index is 0. The molecule has 0 spiro atoms. The van der Waals surface area contributed by atoms with Gasteiger partial charge in [0.05, 0.1) is 27.7 Å². The quantitative estimate of drug-likeness (QED) is 0.669. The summed E-state index contributed by atoms with van der Waals surface area (Å²) in [5.41, 5.74) is -1.27. The second kappa shape index (κ2) is 8.12. The number of hydrogen-bond acceptors (Lipinski definition) is 4. The molecule has 0 atom stereocenters. The van der Waals surface area contributed by atoms with Crippen molar-refractivity contribution in [3.8, 4) is 5.69 Å². The van der Waals surface area contributed by atoms with E-state index in [0.717, 1.165) is 12.3 Å². The third kappa shape index (κ3) is 4.78. The van der Waals surface area contributed by atoms with Crippen LogP contribution in [0.3, 0.4) is 0 Å². The Morgan fingerprint density at radius 2 is 1.88 bits per heavy atom. The number of aryl methyl sites for hydroxylation is 1. The summed E-state index contributed by atoms with van der Waals surface area (Å²) in [5.74, 6) is -0.228. The fraction of sp³-hybridized carbons (Fsp3) is 0.273. The molecule has 0 amide bonds. The van der Waals surface area contributed by atoms with Crippen LogP contribution in [0, 0.1) is 6.92 Å². The molecular weight excluding hydrogens is 416 g/mol. The molecule has 0 radical (unpaired) electrons. The zero-order valence-electron chi connectivity index (χ0n) is 13.7. The summed E-state index contributed by atoms with van der Waals surface area (Å²) in [4.78, 5) is 12.0. The molecule has 1 N–H and O–H groups in total. The number of benzene rings is 1. The zero-order valence-corrected chi connectivity index (χ0v) is 18.2. The number of anilines is 1. The van der Waals surface area contributed by atoms with Gasteiger partial charge in [-0.25, -0.2) is 17.8 Å². The van der Waals surface area contributed by atoms with Crippen LogP contribution in [0.2, 0.25) is 10.0 Å². The van der Waals surface area contributed by atoms with Crippen LogP contribution in [-0.4, -0.2) is 29.0 Å². The van der Waals surface area contributed by atoms with E-state index in [2.05, 4.69) is 9.82 Å². The van der Waals surface area contributed by atoms with Gasteiger partial charge in [0, 0.05) is 0 Å². The van der Waals surface area contributed by atoms with Crippen LogP contribution >= 0.6 is 23.2 Å². The molecule has 0 saturated carbocycles. The van der Waals surface area contributed by atoms with Crippen LogP contribution < -0.4 is 61.8 Å². The fourth-order valence-electron chi connectivity index (χ4n) is 1.84. The summed E-state index contributed by atoms with van der Waals surface area (Å²) in [6.45, 7) is -1.85. The van der Waals surface area contributed by atoms with Crippen molar-refractivity contribution < 1.29 is 70.0 Å². The minimum atomic E-state index is -3.65. The van der Waals surface area contributed by atoms with Gasteiger partial charge in [0.1, 0.15) is 5.82 Å². The molecule has 0 aliphatic heterocycles. The van der Waals surface area contributed by atoms with Crippen LogP contribution in [0.5, 0.6) is 0 Å². The predicted octanol–water partition coefficient (Wildman–Crippen LogP) is -0.468. The van der Waals surface area contributed by atoms with Gasteiger partial charge in [-0.3, -0.25) is 4.72 Å². The SMILES string of the molecule is Cc1nn(-c2cc(NS(C)(=O)=O)c(Cl)cc2Cl)c(=O)n1C(F)F.[H-].[K+]. The third-order valence-corrected chi connectivity index (χ3v) is 3.94. The number of alkyl halides is 2. The van der Waals surface area contributed by atoms with Crippen molar-refractivity contribution in [3.05, 3.63) is 38.5 Å². The number of aromatic nitrogens is 3. The van der Waals surface area contributed by atoms with Gasteiger partial charge in [-0.05, 0) is 19.1 Å². The first-order valence-corrected chi connectivity index (χ1v) is 8.59. The number of nitrogens with zero attached hydrogens (tertiary/aromatic N) is 3. The standard InChI is InChI=1S/C11H10Cl2F2N4O3S.K.H/c1-5-16-19(11(20)18(5)10(14)15)9-4-8(17-23(2,21)22)6(12)3-7(9)13;;/h3-4,10,17H,1-2H3;;/q;+1;-1. The molecule has 24 heavy (non-hydrogen) atoms. The van der Waals surface area contributed by atoms with E-state index in [9.17, 15) is 22.0 Å². The molecule has 0 aliphatic carbocycles. The molecule has 0 unspecified atom stereocenters. The van der Waals surface area contributed by atoms with Crippen molar-refractivity contribution in [3.63, 3.8) is 0 Å². The van der Waals surface area contributed by atoms with Crippen LogP contribution in [-0.2, 0) is 10.0 Å². The Labute approximate surface area is 189 Å². The van der Waals surface area contributed by atoms with Crippen molar-refractivity contribution in [1.29, 1.82) is 0 Å². The third-order valence-electron chi connectivity index (χ3n) is 2.74. The van der Waals surface area contributed by atoms with Crippen molar-refractivity contribution in [2.75, 3.05) is 11.0 Å². The number of hydrogen-bond donors (Lipinski definition) is 1. The predicted molar refractivity (Wildman–Crippen MR) is 83.4 cm³/mol. The molecule has 7 nitrogen and oxygen atoms in total. The van der Waals surface area contributed by atoms with Gasteiger partial charge in [0.25, 0.3) is 0 Å². The topological polar surface area (TPSA) is 86.0 Å². The Morgan fingerprint density at radius 1 is 1.29 bits per heavy atom. The van der Waals surface area contributed by atoms with Gasteiger partial charge in [-0.2, -0.15) is 13.5 Å². The molecule has 0 saturated heterocycles. The Balaban J connectivity index is 0.00000288. The van der Waals surface area contributed by atoms with E-state index in [0.29, 0.717) is 4.68 Å². The van der Waals surface area contributed by atoms with E-state index in [1.54, 1.807) is 0 Å². The van der Waals surface area contributed by atoms with Crippen LogP contribution in [0.4, 0.5) is 14.5 Å². The first-order chi connectivity index (χ1) is 10.5. The Hall–Kier alpha value is -0.0136. The zero-order chi connectivity index (χ0) is 17.5. The molecule has 1 heterocycles. The van der Waals surface area contributed by atoms with Gasteiger partial charge in [-0.1, -0.05) is 23.2 Å². The van der Waals surface area contributed by atoms with Crippen LogP contribution in [0.1, 0.15) is 13.8 Å². The van der Waals surface area contributed by atoms with Gasteiger partial charge in [-0.15, -0.1) is 5.10 Å². The Bertz CT molecular complexity index is 936. The molecule has 13 heteroatoms. The van der Waals surface area contributed by atoms with Crippen molar-refractivity contribution in [1.82, 2.24) is 14.3 Å². The number of sulfonamides is 1. The normalized spacial score (nSPS) is 11.5. The average Bonchev–Trinajstić information content (AvgIpc) is 2.66. The molecule has 128 valence electrons. The van der Waals surface area contributed by atoms with Crippen LogP contribution in [0.25, 0.3) is 5.69 Å². The molecule has 0 aliphatic rings. The summed E-state index contributed by atoms with van der Waals surface area (Å²) >= 11 is 11.8. The van der Waals surface area contributed by atoms with Crippen LogP contribution in [0.15, 0.2) is 16.9 Å². The van der Waals surface area contributed by atoms with E-state index in [4.69, 9.17) is 23.2 Å². The monoisotopic (exact) mass is 426 g/mol. The van der Waals surface area contributed by atoms with E-state index < -0.39 is 22.3 Å². The smallest absolute Gasteiger partial charge is 1.00 e. The summed E-state index contributed by atoms with van der Waals surface area (Å²) < 4.78 is 51.3. The average molecular weight is 427 g/mol. The maximum absolute atomic E-state index is 12.8. The van der Waals surface area contributed by atoms with E-state index in [1.165, 1.54) is 13.0 Å². The molecular formula is C11H11Cl2F2KN4O3S. The molecule has 1 aromatic carbocycles. The van der Waals surface area contributed by atoms with Gasteiger partial charge in [0.2, 0.25) is 10.0 Å². The fourth-order valence-corrected chi connectivity index (χ4v) is 2.97. The summed E-state index contributed by atoms with van der Waals surface area (Å²) in [6.07, 6.45) is 0.902. The minimum Gasteiger partial charge on any atom is -1.00 e. The van der Waals surface area contributed by atoms with E-state index >= 15 is 0 Å². The number of halogens is 4. The molecule has 2 rings (SSSR count). The summed E-state index contributed by atoms with van der Waals surface area (Å²) in [7, 11) is -3.65. The first-order valence-electron chi connectivity index (χ1n) is 5.95. The van der Waals surface area contributed by atoms with Crippen molar-refractivity contribution in [2.24, 2.45) is 0 Å². The maximum atomic E-state index is 12.8. The van der Waals surface area contributed by atoms with Gasteiger partial charge in [0.15, 0.2) is 0 Å². The van der Waals surface area contributed by atoms with Gasteiger partial charge < -0.3 is 1.43 Å². The second-order valence-corrected chi connectivity index (χ2v) is 7.11. The van der Waals surface area contributed by atoms with Crippen molar-refractivity contribution in [2.45, 2.75) is 13.5 Å². The second-order valence-electron chi connectivity index (χ2n) is 4.55. The number of rotatable bonds is 4. The molecule has 2 aromatic rings. The Kier molecular flexibility index (Phi) is 7.46. The molecule has 0 fully saturated rings. The molecule has 0 bridgehead atoms. The largest absolute Gasteiger partial charge is 1.00 e. The summed E-state index contributed by atoms with van der Waals surface area (Å²) in [5, 5.41) is 3.63. The van der Waals surface area contributed by atoms with Crippen molar-refractivity contribution >= 4 is 38.9 Å². The van der Waals surface area contributed by atoms with Gasteiger partial charge >= 0.3 is 63.6 Å². The van der Waals surface area contributed by atoms with E-state index in [1.807, 2.05) is 0 Å². The van der Waals surface area contributed by atoms with E-state index in [-0.39, 0.29) is 84.6 Å². The summed E-state index contributed by atoms with van der Waals surface area (Å²) in [6, 6.07) is 2.31.